The number of thioether (sulfide) groups is 1. The van der Waals surface area contributed by atoms with E-state index in [-0.39, 0.29) is 48.7 Å². The van der Waals surface area contributed by atoms with E-state index in [1.165, 1.54) is 6.92 Å². The Balaban J connectivity index is 0.00000196. The van der Waals surface area contributed by atoms with Crippen molar-refractivity contribution in [3.05, 3.63) is 0 Å². The monoisotopic (exact) mass is 251 g/mol. The molecule has 0 aromatic carbocycles. The summed E-state index contributed by atoms with van der Waals surface area (Å²) in [5.74, 6) is -0.681. The van der Waals surface area contributed by atoms with Crippen LogP contribution in [0, 0.1) is 0 Å². The van der Waals surface area contributed by atoms with Gasteiger partial charge in [-0.15, -0.1) is 12.4 Å². The lowest BCUT2D eigenvalue weighted by Gasteiger charge is -2.10. The molecule has 0 spiro atoms. The lowest BCUT2D eigenvalue weighted by Crippen LogP contribution is -2.33. The highest BCUT2D eigenvalue weighted by Gasteiger charge is 2.30. The summed E-state index contributed by atoms with van der Waals surface area (Å²) in [5, 5.41) is -0.810. The summed E-state index contributed by atoms with van der Waals surface area (Å²) < 4.78 is 0. The molecule has 1 rings (SSSR count). The molecule has 7 heteroatoms. The molecule has 1 saturated heterocycles. The zero-order valence-corrected chi connectivity index (χ0v) is 9.65. The second-order valence-corrected chi connectivity index (χ2v) is 4.07. The van der Waals surface area contributed by atoms with Crippen LogP contribution < -0.4 is 0 Å². The van der Waals surface area contributed by atoms with Gasteiger partial charge in [0.05, 0.1) is 6.54 Å². The third-order valence-electron chi connectivity index (χ3n) is 1.70. The minimum Gasteiger partial charge on any atom is -0.287 e. The molecule has 1 aliphatic rings. The Morgan fingerprint density at radius 1 is 1.27 bits per heavy atom. The molecule has 0 radical (unpaired) electrons. The Morgan fingerprint density at radius 2 is 1.73 bits per heavy atom. The predicted octanol–water partition coefficient (Wildman–Crippen LogP) is 0.363. The highest BCUT2D eigenvalue weighted by Crippen LogP contribution is 2.13. The van der Waals surface area contributed by atoms with Crippen LogP contribution in [0.1, 0.15) is 19.8 Å². The van der Waals surface area contributed by atoms with Gasteiger partial charge in [-0.3, -0.25) is 24.1 Å². The molecule has 0 aliphatic carbocycles. The number of nitrogens with zero attached hydrogens (tertiary/aromatic N) is 1. The normalized spacial score (nSPS) is 15.1. The van der Waals surface area contributed by atoms with Crippen molar-refractivity contribution in [3.8, 4) is 0 Å². The van der Waals surface area contributed by atoms with E-state index in [1.807, 2.05) is 0 Å². The van der Waals surface area contributed by atoms with Gasteiger partial charge in [0.15, 0.2) is 5.12 Å². The standard InChI is InChI=1S/C8H9NO4S.ClH/c1-5(10)14-8(13)4-9-6(11)2-3-7(9)12;/h2-4H2,1H3;1H. The Morgan fingerprint density at radius 3 is 2.13 bits per heavy atom. The molecule has 1 aliphatic heterocycles. The van der Waals surface area contributed by atoms with Gasteiger partial charge < -0.3 is 0 Å². The summed E-state index contributed by atoms with van der Waals surface area (Å²) in [6.07, 6.45) is 0.327. The van der Waals surface area contributed by atoms with Crippen molar-refractivity contribution >= 4 is 46.2 Å². The minimum atomic E-state index is -0.471. The summed E-state index contributed by atoms with van der Waals surface area (Å²) in [6.45, 7) is 0.970. The molecule has 1 heterocycles. The van der Waals surface area contributed by atoms with E-state index in [2.05, 4.69) is 0 Å². The summed E-state index contributed by atoms with van der Waals surface area (Å²) in [5.41, 5.74) is 0. The average molecular weight is 252 g/mol. The second-order valence-electron chi connectivity index (χ2n) is 2.84. The Bertz CT molecular complexity index is 302. The zero-order valence-electron chi connectivity index (χ0n) is 8.02. The topological polar surface area (TPSA) is 71.5 Å². The smallest absolute Gasteiger partial charge is 0.230 e. The first-order chi connectivity index (χ1) is 6.50. The second kappa shape index (κ2) is 5.87. The molecule has 2 amide bonds. The molecule has 1 fully saturated rings. The quantitative estimate of drug-likeness (QED) is 0.663. The van der Waals surface area contributed by atoms with E-state index in [1.54, 1.807) is 0 Å². The fourth-order valence-corrected chi connectivity index (χ4v) is 1.64. The summed E-state index contributed by atoms with van der Waals surface area (Å²) in [7, 11) is 0. The maximum Gasteiger partial charge on any atom is 0.230 e. The van der Waals surface area contributed by atoms with Gasteiger partial charge in [0.1, 0.15) is 0 Å². The van der Waals surface area contributed by atoms with Gasteiger partial charge in [-0.1, -0.05) is 0 Å². The van der Waals surface area contributed by atoms with Crippen molar-refractivity contribution < 1.29 is 19.2 Å². The van der Waals surface area contributed by atoms with Gasteiger partial charge in [-0.05, 0) is 11.8 Å². The molecule has 15 heavy (non-hydrogen) atoms. The zero-order chi connectivity index (χ0) is 10.7. The van der Waals surface area contributed by atoms with Gasteiger partial charge in [0.2, 0.25) is 16.9 Å². The van der Waals surface area contributed by atoms with Crippen LogP contribution in [0.15, 0.2) is 0 Å². The molecule has 5 nitrogen and oxygen atoms in total. The van der Waals surface area contributed by atoms with Crippen LogP contribution in [0.4, 0.5) is 0 Å². The van der Waals surface area contributed by atoms with Crippen LogP contribution in [0.25, 0.3) is 0 Å². The maximum atomic E-state index is 11.1. The van der Waals surface area contributed by atoms with Crippen molar-refractivity contribution in [2.45, 2.75) is 19.8 Å². The highest BCUT2D eigenvalue weighted by molar-refractivity contribution is 8.26. The van der Waals surface area contributed by atoms with Gasteiger partial charge in [0, 0.05) is 19.8 Å². The third-order valence-corrected chi connectivity index (χ3v) is 2.34. The number of hydrogen-bond donors (Lipinski definition) is 0. The van der Waals surface area contributed by atoms with Crippen LogP contribution in [-0.4, -0.2) is 33.5 Å². The molecule has 0 bridgehead atoms. The molecule has 0 saturated carbocycles. The van der Waals surface area contributed by atoms with Crippen molar-refractivity contribution in [2.24, 2.45) is 0 Å². The first-order valence-electron chi connectivity index (χ1n) is 4.05. The van der Waals surface area contributed by atoms with E-state index >= 15 is 0 Å². The third kappa shape index (κ3) is 4.01. The van der Waals surface area contributed by atoms with Crippen LogP contribution >= 0.6 is 24.2 Å². The minimum absolute atomic E-state index is 0. The molecule has 0 unspecified atom stereocenters. The van der Waals surface area contributed by atoms with Gasteiger partial charge in [-0.25, -0.2) is 0 Å². The lowest BCUT2D eigenvalue weighted by molar-refractivity contribution is -0.140. The van der Waals surface area contributed by atoms with Crippen molar-refractivity contribution in [1.82, 2.24) is 4.90 Å². The van der Waals surface area contributed by atoms with Gasteiger partial charge in [0.25, 0.3) is 0 Å². The number of imide groups is 1. The maximum absolute atomic E-state index is 11.1. The van der Waals surface area contributed by atoms with Gasteiger partial charge >= 0.3 is 0 Å². The molecular formula is C8H10ClNO4S. The number of halogens is 1. The Labute approximate surface area is 97.0 Å². The Kier molecular flexibility index (Phi) is 5.53. The first-order valence-corrected chi connectivity index (χ1v) is 4.87. The number of carbonyl (C=O) groups is 4. The van der Waals surface area contributed by atoms with Crippen LogP contribution in [-0.2, 0) is 19.2 Å². The molecule has 0 N–H and O–H groups in total. The predicted molar refractivity (Wildman–Crippen MR) is 56.5 cm³/mol. The average Bonchev–Trinajstić information content (AvgIpc) is 2.34. The van der Waals surface area contributed by atoms with Crippen LogP contribution in [0.2, 0.25) is 0 Å². The largest absolute Gasteiger partial charge is 0.287 e. The fraction of sp³-hybridized carbons (Fsp3) is 0.500. The van der Waals surface area contributed by atoms with Crippen molar-refractivity contribution in [1.29, 1.82) is 0 Å². The van der Waals surface area contributed by atoms with Crippen molar-refractivity contribution in [3.63, 3.8) is 0 Å². The van der Waals surface area contributed by atoms with E-state index in [9.17, 15) is 19.2 Å². The van der Waals surface area contributed by atoms with Crippen LogP contribution in [0.5, 0.6) is 0 Å². The number of likely N-dealkylation sites (tertiary alicyclic amines) is 1. The molecule has 0 aromatic rings. The summed E-state index contributed by atoms with van der Waals surface area (Å²) >= 11 is 0.521. The molecular weight excluding hydrogens is 242 g/mol. The SMILES string of the molecule is CC(=O)SC(=O)CN1C(=O)CCC1=O.Cl. The number of rotatable bonds is 2. The highest BCUT2D eigenvalue weighted by atomic mass is 35.5. The van der Waals surface area contributed by atoms with Crippen LogP contribution in [0.3, 0.4) is 0 Å². The molecule has 0 aromatic heterocycles. The summed E-state index contributed by atoms with van der Waals surface area (Å²) in [6, 6.07) is 0. The number of amides is 2. The van der Waals surface area contributed by atoms with E-state index in [4.69, 9.17) is 0 Å². The van der Waals surface area contributed by atoms with Gasteiger partial charge in [-0.2, -0.15) is 0 Å². The van der Waals surface area contributed by atoms with E-state index in [0.717, 1.165) is 4.90 Å². The Hall–Kier alpha value is -0.880. The van der Waals surface area contributed by atoms with E-state index in [0.29, 0.717) is 11.8 Å². The molecule has 84 valence electrons. The lowest BCUT2D eigenvalue weighted by atomic mass is 10.4. The number of carbonyl (C=O) groups excluding carboxylic acids is 4. The first kappa shape index (κ1) is 14.1. The number of hydrogen-bond acceptors (Lipinski definition) is 5. The molecule has 0 atom stereocenters. The van der Waals surface area contributed by atoms with E-state index < -0.39 is 5.12 Å². The summed E-state index contributed by atoms with van der Waals surface area (Å²) in [4.78, 5) is 44.7. The van der Waals surface area contributed by atoms with Crippen molar-refractivity contribution in [2.75, 3.05) is 6.54 Å². The fourth-order valence-electron chi connectivity index (χ4n) is 1.12.